The van der Waals surface area contributed by atoms with Gasteiger partial charge in [0, 0.05) is 41.0 Å². The maximum absolute atomic E-state index is 17.1. The third-order valence-corrected chi connectivity index (χ3v) is 32.0. The zero-order valence-corrected chi connectivity index (χ0v) is 55.8. The van der Waals surface area contributed by atoms with Gasteiger partial charge in [-0.05, 0) is 250 Å². The van der Waals surface area contributed by atoms with Crippen LogP contribution in [0.3, 0.4) is 0 Å². The van der Waals surface area contributed by atoms with Crippen molar-refractivity contribution >= 4 is 39.4 Å². The van der Waals surface area contributed by atoms with Crippen molar-refractivity contribution in [1.82, 2.24) is 10.6 Å². The molecule has 8 saturated carbocycles. The molecule has 4 heterocycles. The predicted octanol–water partition coefficient (Wildman–Crippen LogP) is 10.8. The average Bonchev–Trinajstić information content (AvgIpc) is 1.59. The van der Waals surface area contributed by atoms with E-state index in [4.69, 9.17) is 9.47 Å². The number of phenolic OH excluding ortho intramolecular Hbond substituents is 1. The molecule has 0 amide bonds. The van der Waals surface area contributed by atoms with Crippen LogP contribution in [0.15, 0.2) is 113 Å². The first-order chi connectivity index (χ1) is 45.8. The lowest BCUT2D eigenvalue weighted by Crippen LogP contribution is -2.88. The Hall–Kier alpha value is -4.95. The summed E-state index contributed by atoms with van der Waals surface area (Å²) in [5, 5.41) is 108. The summed E-state index contributed by atoms with van der Waals surface area (Å²) < 4.78 is 14.7. The van der Waals surface area contributed by atoms with Gasteiger partial charge in [0.25, 0.3) is 0 Å². The summed E-state index contributed by atoms with van der Waals surface area (Å²) in [6.07, 6.45) is 21.3. The number of aliphatic hydroxyl groups is 7. The van der Waals surface area contributed by atoms with Gasteiger partial charge in [0.1, 0.15) is 46.3 Å². The van der Waals surface area contributed by atoms with Crippen LogP contribution in [0.1, 0.15) is 172 Å². The van der Waals surface area contributed by atoms with Gasteiger partial charge in [0.2, 0.25) is 5.79 Å². The molecule has 4 aliphatic heterocycles. The van der Waals surface area contributed by atoms with Crippen LogP contribution in [0.5, 0.6) is 11.5 Å². The average molecular weight is 1330 g/mol. The van der Waals surface area contributed by atoms with Crippen LogP contribution < -0.4 is 15.4 Å². The topological polar surface area (TPSA) is 256 Å². The van der Waals surface area contributed by atoms with Crippen LogP contribution in [-0.4, -0.2) is 118 Å². The van der Waals surface area contributed by atoms with Crippen molar-refractivity contribution < 1.29 is 64.7 Å². The minimum Gasteiger partial charge on any atom is -0.511 e. The number of phenols is 1. The zero-order chi connectivity index (χ0) is 65.0. The Kier molecular flexibility index (Phi) is 14.3. The van der Waals surface area contributed by atoms with Crippen LogP contribution in [0, 0.1) is 86.3 Å². The van der Waals surface area contributed by atoms with Crippen molar-refractivity contribution in [2.45, 2.75) is 194 Å². The minimum absolute atomic E-state index is 0.0178. The molecule has 0 aromatic heterocycles. The van der Waals surface area contributed by atoms with E-state index in [1.807, 2.05) is 42.5 Å². The normalized spacial score (nSPS) is 46.3. The number of aromatic hydroxyl groups is 1. The number of nitrogens with one attached hydrogen (secondary N) is 2. The van der Waals surface area contributed by atoms with E-state index in [2.05, 4.69) is 22.8 Å². The van der Waals surface area contributed by atoms with Crippen LogP contribution in [0.25, 0.3) is 0 Å². The maximum atomic E-state index is 17.1. The van der Waals surface area contributed by atoms with Crippen molar-refractivity contribution in [1.29, 1.82) is 0 Å². The fourth-order valence-corrected chi connectivity index (χ4v) is 29.1. The number of aldehydes is 1. The molecular weight excluding hydrogens is 1240 g/mol. The van der Waals surface area contributed by atoms with Crippen LogP contribution in [-0.2, 0) is 29.0 Å². The van der Waals surface area contributed by atoms with Gasteiger partial charge in [-0.2, -0.15) is 0 Å². The molecule has 10 N–H and O–H groups in total. The molecule has 6 spiro atoms. The number of ketones is 2. The van der Waals surface area contributed by atoms with Crippen molar-refractivity contribution in [3.63, 3.8) is 0 Å². The van der Waals surface area contributed by atoms with Crippen LogP contribution >= 0.6 is 21.6 Å². The number of allylic oxidation sites excluding steroid dienone is 6. The van der Waals surface area contributed by atoms with Gasteiger partial charge in [0.15, 0.2) is 17.7 Å². The fraction of sp³-hybridized carbons (Fsp3) is 0.628. The van der Waals surface area contributed by atoms with E-state index in [0.29, 0.717) is 80.2 Å². The van der Waals surface area contributed by atoms with Gasteiger partial charge in [-0.15, -0.1) is 0 Å². The van der Waals surface area contributed by atoms with Gasteiger partial charge >= 0.3 is 0 Å². The molecule has 19 rings (SSSR count). The highest BCUT2D eigenvalue weighted by Crippen LogP contribution is 2.81. The Balaban J connectivity index is 0.776. The van der Waals surface area contributed by atoms with E-state index in [-0.39, 0.29) is 82.0 Å². The van der Waals surface area contributed by atoms with Crippen molar-refractivity contribution in [2.75, 3.05) is 19.0 Å². The Morgan fingerprint density at radius 3 is 2.43 bits per heavy atom. The summed E-state index contributed by atoms with van der Waals surface area (Å²) in [7, 11) is 3.02. The molecule has 15 nitrogen and oxygen atoms in total. The van der Waals surface area contributed by atoms with Gasteiger partial charge in [-0.3, -0.25) is 9.59 Å². The number of benzene rings is 3. The SMILES string of the molecule is O=C[C@@H]1C[C@]2(CC[C@]3(CC[C@@H](Cc4cccc(O)c4)C3)C2)C[C@]12C[C@@H]1C[C@H]3C[C@@H]4[C@@H]5CC[C@@]67Oc8cccc9c8C(=O)[C@@]8(C(O)=CC(Cc%10cccc(CO)c%10)=C[C@@H]8C9=O)[C@H]([C@H]8CC[C@@H]9CCCC[C@]9(O)C8)SSCNC8=CC(=C3CN8)[C@@]1(C2)[C@H]4[C@](O)([C@H](O)[C@@]5(CO)O6)[C@H]7O. The Morgan fingerprint density at radius 2 is 1.59 bits per heavy atom. The molecule has 504 valence electrons. The smallest absolute Gasteiger partial charge is 0.240 e. The molecule has 95 heavy (non-hydrogen) atoms. The lowest BCUT2D eigenvalue weighted by atomic mass is 9.42. The molecule has 0 unspecified atom stereocenters. The molecule has 22 atom stereocenters. The highest BCUT2D eigenvalue weighted by Gasteiger charge is 2.85. The molecule has 3 aromatic rings. The number of rotatable bonds is 8. The number of Topliss-reactive ketones (excluding diaryl/α,β-unsaturated/α-hetero) is 2. The lowest BCUT2D eigenvalue weighted by molar-refractivity contribution is -0.461. The minimum atomic E-state index is -2.39. The van der Waals surface area contributed by atoms with Crippen LogP contribution in [0.4, 0.5) is 0 Å². The quantitative estimate of drug-likeness (QED) is 0.0743. The first kappa shape index (κ1) is 62.3. The van der Waals surface area contributed by atoms with E-state index in [1.165, 1.54) is 39.0 Å². The van der Waals surface area contributed by atoms with E-state index in [0.717, 1.165) is 113 Å². The van der Waals surface area contributed by atoms with Crippen molar-refractivity contribution in [2.24, 2.45) is 86.3 Å². The summed E-state index contributed by atoms with van der Waals surface area (Å²) in [4.78, 5) is 47.6. The number of carbonyl (C=O) groups is 3. The van der Waals surface area contributed by atoms with Gasteiger partial charge in [-0.25, -0.2) is 0 Å². The molecule has 12 aliphatic carbocycles. The fourth-order valence-electron chi connectivity index (χ4n) is 26.1. The second-order valence-corrected chi connectivity index (χ2v) is 36.1. The summed E-state index contributed by atoms with van der Waals surface area (Å²) in [6.45, 7) is -0.332. The lowest BCUT2D eigenvalue weighted by Gasteiger charge is -2.72. The number of fused-ring (bicyclic) bond motifs is 1. The molecular formula is C78H92N2O13S2. The van der Waals surface area contributed by atoms with Gasteiger partial charge in [0.05, 0.1) is 42.0 Å². The Morgan fingerprint density at radius 1 is 0.758 bits per heavy atom. The number of aliphatic hydroxyl groups excluding tert-OH is 5. The van der Waals surface area contributed by atoms with E-state index in [1.54, 1.807) is 30.3 Å². The summed E-state index contributed by atoms with van der Waals surface area (Å²) in [5.74, 6) is -4.86. The number of carbonyl (C=O) groups excluding carboxylic acids is 3. The van der Waals surface area contributed by atoms with E-state index < -0.39 is 92.2 Å². The number of ether oxygens (including phenoxy) is 2. The third kappa shape index (κ3) is 8.67. The summed E-state index contributed by atoms with van der Waals surface area (Å²) in [6, 6.07) is 20.1. The highest BCUT2D eigenvalue weighted by atomic mass is 33.1. The van der Waals surface area contributed by atoms with E-state index in [9.17, 15) is 45.6 Å². The largest absolute Gasteiger partial charge is 0.511 e. The second-order valence-electron chi connectivity index (χ2n) is 33.6. The molecule has 10 fully saturated rings. The number of hydrogen-bond acceptors (Lipinski definition) is 17. The zero-order valence-electron chi connectivity index (χ0n) is 54.2. The molecule has 2 saturated heterocycles. The Bertz CT molecular complexity index is 3870. The summed E-state index contributed by atoms with van der Waals surface area (Å²) in [5.41, 5.74) is -2.57. The summed E-state index contributed by atoms with van der Waals surface area (Å²) >= 11 is 0. The molecule has 10 bridgehead atoms. The van der Waals surface area contributed by atoms with Crippen LogP contribution in [0.2, 0.25) is 0 Å². The molecule has 16 aliphatic rings. The highest BCUT2D eigenvalue weighted by molar-refractivity contribution is 8.77. The molecule has 0 radical (unpaired) electrons. The first-order valence-electron chi connectivity index (χ1n) is 36.1. The third-order valence-electron chi connectivity index (χ3n) is 29.3. The van der Waals surface area contributed by atoms with Gasteiger partial charge in [-0.1, -0.05) is 89.0 Å². The predicted molar refractivity (Wildman–Crippen MR) is 358 cm³/mol. The van der Waals surface area contributed by atoms with Crippen molar-refractivity contribution in [3.05, 3.63) is 141 Å². The standard InChI is InChI=1S/C78H92N2O13S2/c81-36-46-8-3-6-43(23-46)24-47-26-59-64(86)54-11-5-12-60-63(54)66(87)77(59,61(85)27-47)67(48-13-14-50-9-1-2-17-73(50,90)32-48)95-94-42-80-62-30-58-56(35-79-62)49-28-51-34-72(39-71(33-52(72)37-82)21-20-70(38-71)18-15-45(31-70)22-44-7-4-10-53(84)25-44)40-74(51,58)65-55(29-49)57-16-19-76(92-60)69(89)78(65,91)68(88)75(57,41-83)93-76/h3-8,10-12,23,25-27,30,37,45,48-52,55,57,59,65,67-69,79-81,83-85,88-91H,1-2,9,13-22,24,28-29,31-36,38-42H2/t45-,48-,49-,50-,51-,52-,55+,57-,59+,65-,67-,68+,69-,70-,71-,72-,73-,74-,75-,76+,77+,78-/m0/s1. The maximum Gasteiger partial charge on any atom is 0.240 e. The first-order valence-corrected chi connectivity index (χ1v) is 38.5. The Labute approximate surface area is 563 Å². The molecule has 17 heteroatoms. The number of dihydropyridines is 1. The van der Waals surface area contributed by atoms with Gasteiger partial charge < -0.3 is 65.8 Å². The number of hydrogen-bond donors (Lipinski definition) is 10. The van der Waals surface area contributed by atoms with Crippen molar-refractivity contribution in [3.8, 4) is 11.5 Å². The second kappa shape index (κ2) is 21.8. The van der Waals surface area contributed by atoms with E-state index >= 15 is 9.59 Å². The molecule has 3 aromatic carbocycles. The monoisotopic (exact) mass is 1330 g/mol.